The summed E-state index contributed by atoms with van der Waals surface area (Å²) < 4.78 is 43.5. The van der Waals surface area contributed by atoms with Gasteiger partial charge in [0.1, 0.15) is 17.9 Å². The smallest absolute Gasteiger partial charge is 0.416 e. The van der Waals surface area contributed by atoms with Gasteiger partial charge in [0.25, 0.3) is 0 Å². The Morgan fingerprint density at radius 3 is 2.78 bits per heavy atom. The number of aromatic nitrogens is 2. The summed E-state index contributed by atoms with van der Waals surface area (Å²) in [6, 6.07) is 7.15. The number of hydrogen-bond acceptors (Lipinski definition) is 4. The summed E-state index contributed by atoms with van der Waals surface area (Å²) in [5.41, 5.74) is 0.463. The molecule has 3 aromatic rings. The molecule has 0 atom stereocenters. The number of nitrogens with one attached hydrogen (secondary N) is 1. The van der Waals surface area contributed by atoms with Gasteiger partial charge in [-0.3, -0.25) is 0 Å². The summed E-state index contributed by atoms with van der Waals surface area (Å²) in [5, 5.41) is 3.87. The molecule has 2 heterocycles. The lowest BCUT2D eigenvalue weighted by Crippen LogP contribution is -2.09. The van der Waals surface area contributed by atoms with Gasteiger partial charge < -0.3 is 9.73 Å². The van der Waals surface area contributed by atoms with Gasteiger partial charge in [0.15, 0.2) is 0 Å². The molecule has 0 aliphatic heterocycles. The van der Waals surface area contributed by atoms with Crippen LogP contribution in [0.15, 0.2) is 41.1 Å². The minimum atomic E-state index is -4.32. The summed E-state index contributed by atoms with van der Waals surface area (Å²) in [7, 11) is 0. The van der Waals surface area contributed by atoms with Crippen LogP contribution in [0.1, 0.15) is 16.9 Å². The van der Waals surface area contributed by atoms with E-state index in [0.717, 1.165) is 17.2 Å². The Labute approximate surface area is 130 Å². The second-order valence-electron chi connectivity index (χ2n) is 5.17. The molecular formula is C16H14F3N3O. The molecule has 0 saturated heterocycles. The average molecular weight is 321 g/mol. The van der Waals surface area contributed by atoms with Gasteiger partial charge >= 0.3 is 6.18 Å². The second-order valence-corrected chi connectivity index (χ2v) is 5.17. The summed E-state index contributed by atoms with van der Waals surface area (Å²) in [6.07, 6.45) is -2.49. The lowest BCUT2D eigenvalue weighted by atomic mass is 10.1. The molecule has 0 spiro atoms. The van der Waals surface area contributed by atoms with Crippen molar-refractivity contribution < 1.29 is 17.6 Å². The van der Waals surface area contributed by atoms with Gasteiger partial charge in [-0.1, -0.05) is 18.2 Å². The molecule has 23 heavy (non-hydrogen) atoms. The number of nitrogens with zero attached hydrogens (tertiary/aromatic N) is 2. The fourth-order valence-electron chi connectivity index (χ4n) is 2.35. The molecule has 0 amide bonds. The highest BCUT2D eigenvalue weighted by molar-refractivity contribution is 5.85. The molecule has 0 aliphatic rings. The monoisotopic (exact) mass is 321 g/mol. The van der Waals surface area contributed by atoms with Crippen LogP contribution in [0.2, 0.25) is 0 Å². The lowest BCUT2D eigenvalue weighted by molar-refractivity contribution is -0.137. The molecule has 1 aromatic carbocycles. The van der Waals surface area contributed by atoms with Gasteiger partial charge in [0.2, 0.25) is 5.71 Å². The maximum atomic E-state index is 12.7. The zero-order valence-corrected chi connectivity index (χ0v) is 12.3. The number of halogens is 3. The van der Waals surface area contributed by atoms with E-state index >= 15 is 0 Å². The zero-order chi connectivity index (χ0) is 16.4. The van der Waals surface area contributed by atoms with Crippen molar-refractivity contribution >= 4 is 16.9 Å². The van der Waals surface area contributed by atoms with Crippen molar-refractivity contribution in [1.82, 2.24) is 9.97 Å². The first-order valence-electron chi connectivity index (χ1n) is 7.04. The van der Waals surface area contributed by atoms with Crippen molar-refractivity contribution in [3.63, 3.8) is 0 Å². The van der Waals surface area contributed by atoms with Crippen molar-refractivity contribution in [2.45, 2.75) is 19.5 Å². The highest BCUT2D eigenvalue weighted by Gasteiger charge is 2.30. The Hall–Kier alpha value is -2.57. The van der Waals surface area contributed by atoms with E-state index in [1.165, 1.54) is 18.5 Å². The molecule has 0 aliphatic carbocycles. The van der Waals surface area contributed by atoms with Gasteiger partial charge in [-0.05, 0) is 31.0 Å². The van der Waals surface area contributed by atoms with E-state index in [1.807, 2.05) is 13.0 Å². The summed E-state index contributed by atoms with van der Waals surface area (Å²) in [6.45, 7) is 2.27. The Kier molecular flexibility index (Phi) is 3.94. The van der Waals surface area contributed by atoms with E-state index in [2.05, 4.69) is 15.3 Å². The molecule has 120 valence electrons. The van der Waals surface area contributed by atoms with Crippen LogP contribution in [0.5, 0.6) is 0 Å². The summed E-state index contributed by atoms with van der Waals surface area (Å²) in [5.74, 6) is 1.33. The Morgan fingerprint density at radius 1 is 1.17 bits per heavy atom. The largest absolute Gasteiger partial charge is 0.443 e. The molecule has 1 N–H and O–H groups in total. The van der Waals surface area contributed by atoms with Gasteiger partial charge in [0.05, 0.1) is 10.9 Å². The van der Waals surface area contributed by atoms with Crippen molar-refractivity contribution in [2.24, 2.45) is 0 Å². The van der Waals surface area contributed by atoms with Crippen LogP contribution in [0.25, 0.3) is 11.1 Å². The molecule has 3 rings (SSSR count). The number of rotatable bonds is 4. The third-order valence-electron chi connectivity index (χ3n) is 3.41. The average Bonchev–Trinajstić information content (AvgIpc) is 2.88. The van der Waals surface area contributed by atoms with Gasteiger partial charge in [-0.25, -0.2) is 9.97 Å². The van der Waals surface area contributed by atoms with Gasteiger partial charge in [-0.2, -0.15) is 13.2 Å². The van der Waals surface area contributed by atoms with E-state index in [-0.39, 0.29) is 0 Å². The van der Waals surface area contributed by atoms with Gasteiger partial charge in [-0.15, -0.1) is 0 Å². The van der Waals surface area contributed by atoms with Crippen LogP contribution < -0.4 is 5.32 Å². The molecule has 0 unspecified atom stereocenters. The fourth-order valence-corrected chi connectivity index (χ4v) is 2.35. The molecule has 4 nitrogen and oxygen atoms in total. The number of anilines is 1. The number of furan rings is 1. The highest BCUT2D eigenvalue weighted by Crippen LogP contribution is 2.29. The van der Waals surface area contributed by atoms with E-state index in [9.17, 15) is 13.2 Å². The van der Waals surface area contributed by atoms with Crippen LogP contribution in [0.4, 0.5) is 19.0 Å². The Balaban J connectivity index is 1.69. The quantitative estimate of drug-likeness (QED) is 0.782. The molecule has 0 saturated carbocycles. The van der Waals surface area contributed by atoms with Crippen LogP contribution in [-0.2, 0) is 12.6 Å². The molecule has 2 aromatic heterocycles. The van der Waals surface area contributed by atoms with E-state index in [1.54, 1.807) is 6.07 Å². The third kappa shape index (κ3) is 3.44. The third-order valence-corrected chi connectivity index (χ3v) is 3.41. The molecular weight excluding hydrogens is 307 g/mol. The maximum Gasteiger partial charge on any atom is 0.416 e. The van der Waals surface area contributed by atoms with Crippen LogP contribution >= 0.6 is 0 Å². The molecule has 0 bridgehead atoms. The first kappa shape index (κ1) is 15.3. The SMILES string of the molecule is Cc1cc2c(NCCc3cccc(C(F)(F)F)c3)ncnc2o1. The first-order chi connectivity index (χ1) is 10.9. The molecule has 0 fully saturated rings. The minimum absolute atomic E-state index is 0.451. The van der Waals surface area contributed by atoms with Crippen molar-refractivity contribution in [2.75, 3.05) is 11.9 Å². The fraction of sp³-hybridized carbons (Fsp3) is 0.250. The van der Waals surface area contributed by atoms with Gasteiger partial charge in [0, 0.05) is 6.54 Å². The zero-order valence-electron chi connectivity index (χ0n) is 12.3. The number of fused-ring (bicyclic) bond motifs is 1. The molecule has 0 radical (unpaired) electrons. The van der Waals surface area contributed by atoms with Crippen molar-refractivity contribution in [1.29, 1.82) is 0 Å². The highest BCUT2D eigenvalue weighted by atomic mass is 19.4. The number of aryl methyl sites for hydroxylation is 1. The van der Waals surface area contributed by atoms with Crippen molar-refractivity contribution in [3.05, 3.63) is 53.5 Å². The minimum Gasteiger partial charge on any atom is -0.443 e. The normalized spacial score (nSPS) is 11.8. The van der Waals surface area contributed by atoms with E-state index in [4.69, 9.17) is 4.42 Å². The van der Waals surface area contributed by atoms with Crippen LogP contribution in [0.3, 0.4) is 0 Å². The van der Waals surface area contributed by atoms with E-state index in [0.29, 0.717) is 30.1 Å². The molecule has 7 heteroatoms. The van der Waals surface area contributed by atoms with Crippen molar-refractivity contribution in [3.8, 4) is 0 Å². The standard InChI is InChI=1S/C16H14F3N3O/c1-10-7-13-14(21-9-22-15(13)23-10)20-6-5-11-3-2-4-12(8-11)16(17,18)19/h2-4,7-9H,5-6H2,1H3,(H,20,21,22). The lowest BCUT2D eigenvalue weighted by Gasteiger charge is -2.09. The number of benzene rings is 1. The topological polar surface area (TPSA) is 51.0 Å². The predicted molar refractivity (Wildman–Crippen MR) is 80.2 cm³/mol. The number of alkyl halides is 3. The Bertz CT molecular complexity index is 827. The van der Waals surface area contributed by atoms with E-state index < -0.39 is 11.7 Å². The number of hydrogen-bond donors (Lipinski definition) is 1. The second kappa shape index (κ2) is 5.91. The van der Waals surface area contributed by atoms with Crippen LogP contribution in [0, 0.1) is 6.92 Å². The Morgan fingerprint density at radius 2 is 2.00 bits per heavy atom. The first-order valence-corrected chi connectivity index (χ1v) is 7.04. The maximum absolute atomic E-state index is 12.7. The summed E-state index contributed by atoms with van der Waals surface area (Å²) >= 11 is 0. The predicted octanol–water partition coefficient (Wildman–Crippen LogP) is 4.20. The summed E-state index contributed by atoms with van der Waals surface area (Å²) in [4.78, 5) is 8.17. The van der Waals surface area contributed by atoms with Crippen LogP contribution in [-0.4, -0.2) is 16.5 Å².